The third-order valence-corrected chi connectivity index (χ3v) is 3.64. The highest BCUT2D eigenvalue weighted by molar-refractivity contribution is 6.44. The van der Waals surface area contributed by atoms with Crippen molar-refractivity contribution in [1.29, 1.82) is 0 Å². The normalized spacial score (nSPS) is 12.2. The maximum atomic E-state index is 6.09. The van der Waals surface area contributed by atoms with Gasteiger partial charge in [-0.2, -0.15) is 0 Å². The van der Waals surface area contributed by atoms with Crippen molar-refractivity contribution in [3.8, 4) is 12.3 Å². The Morgan fingerprint density at radius 3 is 2.53 bits per heavy atom. The van der Waals surface area contributed by atoms with Gasteiger partial charge in [0.25, 0.3) is 0 Å². The van der Waals surface area contributed by atoms with Crippen LogP contribution in [0.25, 0.3) is 0 Å². The number of rotatable bonds is 5. The molecule has 0 aliphatic carbocycles. The lowest BCUT2D eigenvalue weighted by Crippen LogP contribution is -2.27. The maximum Gasteiger partial charge on any atom is 0.0689 e. The third kappa shape index (κ3) is 4.08. The highest BCUT2D eigenvalue weighted by Gasteiger charge is 2.11. The minimum atomic E-state index is 0.0334. The highest BCUT2D eigenvalue weighted by Crippen LogP contribution is 2.31. The van der Waals surface area contributed by atoms with Gasteiger partial charge in [-0.05, 0) is 18.6 Å². The molecule has 0 aliphatic heterocycles. The van der Waals surface area contributed by atoms with Crippen molar-refractivity contribution in [1.82, 2.24) is 5.32 Å². The molecule has 0 saturated carbocycles. The van der Waals surface area contributed by atoms with Crippen LogP contribution in [0.2, 0.25) is 15.1 Å². The van der Waals surface area contributed by atoms with Crippen molar-refractivity contribution in [3.05, 3.63) is 32.8 Å². The first-order valence-corrected chi connectivity index (χ1v) is 6.55. The van der Waals surface area contributed by atoms with E-state index in [2.05, 4.69) is 18.2 Å². The summed E-state index contributed by atoms with van der Waals surface area (Å²) < 4.78 is 0. The molecule has 1 rings (SSSR count). The van der Waals surface area contributed by atoms with Gasteiger partial charge in [0.15, 0.2) is 0 Å². The van der Waals surface area contributed by atoms with Crippen molar-refractivity contribution >= 4 is 34.8 Å². The van der Waals surface area contributed by atoms with Gasteiger partial charge < -0.3 is 0 Å². The summed E-state index contributed by atoms with van der Waals surface area (Å²) in [5.41, 5.74) is 0.789. The summed E-state index contributed by atoms with van der Waals surface area (Å²) in [7, 11) is 0. The molecule has 0 aromatic heterocycles. The molecule has 1 aromatic rings. The van der Waals surface area contributed by atoms with E-state index in [0.717, 1.165) is 18.4 Å². The monoisotopic (exact) mass is 289 g/mol. The summed E-state index contributed by atoms with van der Waals surface area (Å²) >= 11 is 18.1. The van der Waals surface area contributed by atoms with Crippen LogP contribution in [0.4, 0.5) is 0 Å². The summed E-state index contributed by atoms with van der Waals surface area (Å²) in [6.07, 6.45) is 7.37. The predicted molar refractivity (Wildman–Crippen MR) is 75.8 cm³/mol. The van der Waals surface area contributed by atoms with E-state index in [-0.39, 0.29) is 6.04 Å². The van der Waals surface area contributed by atoms with Crippen LogP contribution in [-0.4, -0.2) is 6.04 Å². The van der Waals surface area contributed by atoms with Gasteiger partial charge >= 0.3 is 0 Å². The fourth-order valence-corrected chi connectivity index (χ4v) is 2.17. The minimum absolute atomic E-state index is 0.0334. The number of hydrogen-bond acceptors (Lipinski definition) is 1. The summed E-state index contributed by atoms with van der Waals surface area (Å²) in [5.74, 6) is 2.70. The number of halogens is 3. The zero-order valence-corrected chi connectivity index (χ0v) is 11.8. The standard InChI is InChI=1S/C13H14Cl3N/c1-3-5-9(4-2)17-8-10-11(14)6-7-12(15)13(10)16/h2,6-7,9,17H,3,5,8H2,1H3. The van der Waals surface area contributed by atoms with Crippen LogP contribution < -0.4 is 5.32 Å². The third-order valence-electron chi connectivity index (χ3n) is 2.44. The molecule has 1 aromatic carbocycles. The van der Waals surface area contributed by atoms with Gasteiger partial charge in [0.2, 0.25) is 0 Å². The molecule has 0 amide bonds. The Hall–Kier alpha value is -0.390. The smallest absolute Gasteiger partial charge is 0.0689 e. The van der Waals surface area contributed by atoms with Gasteiger partial charge in [-0.25, -0.2) is 0 Å². The van der Waals surface area contributed by atoms with Gasteiger partial charge in [0.05, 0.1) is 16.1 Å². The van der Waals surface area contributed by atoms with Gasteiger partial charge in [0, 0.05) is 17.1 Å². The van der Waals surface area contributed by atoms with E-state index in [0.29, 0.717) is 21.6 Å². The van der Waals surface area contributed by atoms with Gasteiger partial charge in [-0.3, -0.25) is 5.32 Å². The molecule has 0 spiro atoms. The van der Waals surface area contributed by atoms with E-state index in [1.807, 2.05) is 0 Å². The zero-order chi connectivity index (χ0) is 12.8. The molecule has 17 heavy (non-hydrogen) atoms. The molecular weight excluding hydrogens is 277 g/mol. The second kappa shape index (κ2) is 7.13. The molecule has 0 bridgehead atoms. The van der Waals surface area contributed by atoms with Gasteiger partial charge in [0.1, 0.15) is 0 Å². The second-order valence-corrected chi connectivity index (χ2v) is 4.90. The lowest BCUT2D eigenvalue weighted by Gasteiger charge is -2.14. The van der Waals surface area contributed by atoms with Crippen molar-refractivity contribution in [3.63, 3.8) is 0 Å². The zero-order valence-electron chi connectivity index (χ0n) is 9.56. The van der Waals surface area contributed by atoms with E-state index < -0.39 is 0 Å². The van der Waals surface area contributed by atoms with E-state index >= 15 is 0 Å². The molecule has 1 unspecified atom stereocenters. The molecule has 0 radical (unpaired) electrons. The fourth-order valence-electron chi connectivity index (χ4n) is 1.49. The van der Waals surface area contributed by atoms with E-state index in [1.165, 1.54) is 0 Å². The van der Waals surface area contributed by atoms with Crippen LogP contribution in [0.15, 0.2) is 12.1 Å². The topological polar surface area (TPSA) is 12.0 Å². The number of hydrogen-bond donors (Lipinski definition) is 1. The molecular formula is C13H14Cl3N. The average Bonchev–Trinajstić information content (AvgIpc) is 2.32. The summed E-state index contributed by atoms with van der Waals surface area (Å²) in [6.45, 7) is 2.61. The molecule has 92 valence electrons. The highest BCUT2D eigenvalue weighted by atomic mass is 35.5. The molecule has 4 heteroatoms. The summed E-state index contributed by atoms with van der Waals surface area (Å²) in [4.78, 5) is 0. The molecule has 1 atom stereocenters. The molecule has 1 nitrogen and oxygen atoms in total. The van der Waals surface area contributed by atoms with Crippen molar-refractivity contribution < 1.29 is 0 Å². The molecule has 0 saturated heterocycles. The quantitative estimate of drug-likeness (QED) is 0.620. The van der Waals surface area contributed by atoms with Crippen LogP contribution >= 0.6 is 34.8 Å². The summed E-state index contributed by atoms with van der Waals surface area (Å²) in [5, 5.41) is 4.81. The van der Waals surface area contributed by atoms with Crippen molar-refractivity contribution in [2.45, 2.75) is 32.4 Å². The maximum absolute atomic E-state index is 6.09. The number of terminal acetylenes is 1. The van der Waals surface area contributed by atoms with Gasteiger partial charge in [-0.1, -0.05) is 54.1 Å². The summed E-state index contributed by atoms with van der Waals surface area (Å²) in [6, 6.07) is 3.45. The molecule has 0 heterocycles. The van der Waals surface area contributed by atoms with E-state index in [1.54, 1.807) is 12.1 Å². The van der Waals surface area contributed by atoms with Crippen LogP contribution in [0.5, 0.6) is 0 Å². The van der Waals surface area contributed by atoms with Crippen LogP contribution in [0.3, 0.4) is 0 Å². The molecule has 0 aliphatic rings. The van der Waals surface area contributed by atoms with Crippen LogP contribution in [-0.2, 0) is 6.54 Å². The van der Waals surface area contributed by atoms with Crippen LogP contribution in [0, 0.1) is 12.3 Å². The number of nitrogens with one attached hydrogen (secondary N) is 1. The Morgan fingerprint density at radius 2 is 1.94 bits per heavy atom. The van der Waals surface area contributed by atoms with Crippen molar-refractivity contribution in [2.75, 3.05) is 0 Å². The lowest BCUT2D eigenvalue weighted by molar-refractivity contribution is 0.563. The first kappa shape index (κ1) is 14.7. The van der Waals surface area contributed by atoms with Crippen molar-refractivity contribution in [2.24, 2.45) is 0 Å². The minimum Gasteiger partial charge on any atom is -0.299 e. The molecule has 0 fully saturated rings. The van der Waals surface area contributed by atoms with Crippen LogP contribution in [0.1, 0.15) is 25.3 Å². The second-order valence-electron chi connectivity index (χ2n) is 3.71. The Labute approximate surface area is 117 Å². The fraction of sp³-hybridized carbons (Fsp3) is 0.385. The van der Waals surface area contributed by atoms with E-state index in [9.17, 15) is 0 Å². The SMILES string of the molecule is C#CC(CCC)NCc1c(Cl)ccc(Cl)c1Cl. The Bertz CT molecular complexity index is 423. The number of benzene rings is 1. The largest absolute Gasteiger partial charge is 0.299 e. The van der Waals surface area contributed by atoms with E-state index in [4.69, 9.17) is 41.2 Å². The first-order valence-electron chi connectivity index (χ1n) is 5.42. The Kier molecular flexibility index (Phi) is 6.16. The predicted octanol–water partition coefficient (Wildman–Crippen LogP) is 4.54. The Balaban J connectivity index is 2.75. The molecule has 1 N–H and O–H groups in total. The average molecular weight is 291 g/mol. The Morgan fingerprint density at radius 1 is 1.29 bits per heavy atom. The first-order chi connectivity index (χ1) is 8.10. The van der Waals surface area contributed by atoms with Gasteiger partial charge in [-0.15, -0.1) is 6.42 Å². The lowest BCUT2D eigenvalue weighted by atomic mass is 10.1.